The summed E-state index contributed by atoms with van der Waals surface area (Å²) in [5, 5.41) is 27.4. The van der Waals surface area contributed by atoms with Crippen LogP contribution in [-0.2, 0) is 37.1 Å². The Labute approximate surface area is 344 Å². The number of rotatable bonds is 16. The Morgan fingerprint density at radius 1 is 0.695 bits per heavy atom. The van der Waals surface area contributed by atoms with Gasteiger partial charge >= 0.3 is 12.1 Å². The van der Waals surface area contributed by atoms with E-state index in [-0.39, 0.29) is 22.5 Å². The molecule has 59 heavy (non-hydrogen) atoms. The lowest BCUT2D eigenvalue weighted by molar-refractivity contribution is -0.386. The zero-order chi connectivity index (χ0) is 42.3. The molecule has 5 atom stereocenters. The predicted octanol–water partition coefficient (Wildman–Crippen LogP) is 6.41. The van der Waals surface area contributed by atoms with Gasteiger partial charge in [-0.3, -0.25) is 34.7 Å². The number of amides is 2. The molecule has 0 aromatic heterocycles. The molecule has 5 aromatic rings. The van der Waals surface area contributed by atoms with Gasteiger partial charge < -0.3 is 14.8 Å². The van der Waals surface area contributed by atoms with Gasteiger partial charge in [-0.25, -0.2) is 9.59 Å². The van der Waals surface area contributed by atoms with Gasteiger partial charge in [-0.15, -0.1) is 0 Å². The number of nitro benzene ring substituents is 2. The number of nitrogens with one attached hydrogen (secondary N) is 1. The first kappa shape index (κ1) is 42.1. The van der Waals surface area contributed by atoms with Crippen LogP contribution in [0.3, 0.4) is 0 Å². The molecular formula is C43H39ClN4O10P+. The minimum atomic E-state index is -3.40. The quantitative estimate of drug-likeness (QED) is 0.0291. The molecule has 0 bridgehead atoms. The second kappa shape index (κ2) is 18.4. The molecule has 16 heteroatoms. The summed E-state index contributed by atoms with van der Waals surface area (Å²) in [7, 11) is -3.40. The topological polar surface area (TPSA) is 188 Å². The highest BCUT2D eigenvalue weighted by Crippen LogP contribution is 2.63. The molecule has 1 heterocycles. The maximum Gasteiger partial charge on any atom is 0.407 e. The molecule has 1 aliphatic rings. The van der Waals surface area contributed by atoms with Crippen molar-refractivity contribution in [3.63, 3.8) is 0 Å². The highest BCUT2D eigenvalue weighted by atomic mass is 35.5. The normalized spacial score (nSPS) is 16.5. The van der Waals surface area contributed by atoms with E-state index in [1.54, 1.807) is 19.1 Å². The van der Waals surface area contributed by atoms with Gasteiger partial charge in [0, 0.05) is 18.2 Å². The van der Waals surface area contributed by atoms with Crippen molar-refractivity contribution in [2.24, 2.45) is 11.8 Å². The number of β-lactam (4-membered cyclic amide) rings is 1. The third-order valence-corrected chi connectivity index (χ3v) is 15.3. The SMILES string of the molecule is CC(NC(=O)OCc1ccccc1[N+](=O)[O-])C1C(=O)N(C(C(=O)OCc2ccccc2[N+](=O)[O-])[P+](c2ccccc2)(c2ccccc2)c2ccccc2)C1C(C)C(=O)Cl. The molecule has 1 saturated heterocycles. The zero-order valence-electron chi connectivity index (χ0n) is 31.8. The molecule has 1 aliphatic heterocycles. The maximum absolute atomic E-state index is 15.2. The Hall–Kier alpha value is -6.50. The maximum atomic E-state index is 15.2. The van der Waals surface area contributed by atoms with E-state index in [1.165, 1.54) is 48.2 Å². The second-order valence-electron chi connectivity index (χ2n) is 13.8. The molecule has 5 unspecified atom stereocenters. The van der Waals surface area contributed by atoms with Crippen LogP contribution in [0.15, 0.2) is 140 Å². The molecule has 5 aromatic carbocycles. The average molecular weight is 838 g/mol. The molecule has 0 saturated carbocycles. The van der Waals surface area contributed by atoms with Crippen molar-refractivity contribution >= 4 is 69.4 Å². The summed E-state index contributed by atoms with van der Waals surface area (Å²) in [4.78, 5) is 80.1. The molecule has 0 aliphatic carbocycles. The van der Waals surface area contributed by atoms with Crippen molar-refractivity contribution in [2.75, 3.05) is 0 Å². The summed E-state index contributed by atoms with van der Waals surface area (Å²) in [5.74, 6) is -5.14. The number of nitrogens with zero attached hydrogens (tertiary/aromatic N) is 3. The van der Waals surface area contributed by atoms with Crippen molar-refractivity contribution < 1.29 is 38.5 Å². The molecular weight excluding hydrogens is 799 g/mol. The third-order valence-electron chi connectivity index (χ3n) is 10.4. The van der Waals surface area contributed by atoms with Crippen LogP contribution in [0.4, 0.5) is 16.2 Å². The molecule has 2 amide bonds. The first-order chi connectivity index (χ1) is 28.4. The monoisotopic (exact) mass is 837 g/mol. The van der Waals surface area contributed by atoms with Gasteiger partial charge in [0.2, 0.25) is 11.1 Å². The smallest absolute Gasteiger partial charge is 0.407 e. The number of hydrogen-bond donors (Lipinski definition) is 1. The van der Waals surface area contributed by atoms with Gasteiger partial charge in [0.15, 0.2) is 0 Å². The summed E-state index contributed by atoms with van der Waals surface area (Å²) in [5.41, 5.74) is -0.233. The number of hydrogen-bond acceptors (Lipinski definition) is 10. The van der Waals surface area contributed by atoms with Crippen LogP contribution in [0.1, 0.15) is 25.0 Å². The minimum Gasteiger partial charge on any atom is -0.456 e. The number of alkyl carbamates (subject to hydrolysis) is 1. The van der Waals surface area contributed by atoms with Gasteiger partial charge in [0.25, 0.3) is 17.2 Å². The third kappa shape index (κ3) is 8.55. The Morgan fingerprint density at radius 2 is 1.10 bits per heavy atom. The summed E-state index contributed by atoms with van der Waals surface area (Å²) < 4.78 is 11.4. The summed E-state index contributed by atoms with van der Waals surface area (Å²) in [6.07, 6.45) is -0.981. The average Bonchev–Trinajstić information content (AvgIpc) is 3.24. The highest BCUT2D eigenvalue weighted by molar-refractivity contribution is 7.96. The molecule has 302 valence electrons. The largest absolute Gasteiger partial charge is 0.456 e. The van der Waals surface area contributed by atoms with E-state index in [2.05, 4.69) is 5.32 Å². The van der Waals surface area contributed by atoms with E-state index in [0.29, 0.717) is 15.9 Å². The Bertz CT molecular complexity index is 2260. The fraction of sp³-hybridized carbons (Fsp3) is 0.209. The van der Waals surface area contributed by atoms with E-state index >= 15 is 4.79 Å². The summed E-state index contributed by atoms with van der Waals surface area (Å²) >= 11 is 6.21. The van der Waals surface area contributed by atoms with Crippen molar-refractivity contribution in [3.8, 4) is 0 Å². The number of halogens is 1. The number of carbonyl (C=O) groups excluding carboxylic acids is 4. The fourth-order valence-corrected chi connectivity index (χ4v) is 12.5. The van der Waals surface area contributed by atoms with Crippen LogP contribution in [0.5, 0.6) is 0 Å². The summed E-state index contributed by atoms with van der Waals surface area (Å²) in [6.45, 7) is 2.12. The number of esters is 1. The van der Waals surface area contributed by atoms with Gasteiger partial charge in [-0.2, -0.15) is 0 Å². The number of benzene rings is 5. The van der Waals surface area contributed by atoms with Crippen LogP contribution in [0, 0.1) is 32.1 Å². The zero-order valence-corrected chi connectivity index (χ0v) is 33.5. The van der Waals surface area contributed by atoms with Crippen molar-refractivity contribution in [3.05, 3.63) is 171 Å². The van der Waals surface area contributed by atoms with Crippen molar-refractivity contribution in [1.82, 2.24) is 10.2 Å². The lowest BCUT2D eigenvalue weighted by Gasteiger charge is -2.54. The predicted molar refractivity (Wildman–Crippen MR) is 222 cm³/mol. The van der Waals surface area contributed by atoms with E-state index in [1.807, 2.05) is 91.0 Å². The van der Waals surface area contributed by atoms with Gasteiger partial charge in [-0.05, 0) is 67.1 Å². The van der Waals surface area contributed by atoms with Crippen molar-refractivity contribution in [2.45, 2.75) is 44.9 Å². The number of ether oxygens (including phenoxy) is 2. The standard InChI is InChI=1S/C43H38ClN4O10P/c1-28(39(44)49)38-37(29(2)45-43(52)58-27-31-17-13-15-25-36(31)48(55)56)40(50)46(38)41(42(51)57-26-30-16-12-14-24-35(30)47(53)54)59(32-18-6-3-7-19-32,33-20-8-4-9-21-33)34-22-10-5-11-23-34/h3-25,28-29,37-38,41H,26-27H2,1-2H3/p+1. The Balaban J connectivity index is 1.46. The van der Waals surface area contributed by atoms with E-state index in [4.69, 9.17) is 21.1 Å². The van der Waals surface area contributed by atoms with Crippen LogP contribution >= 0.6 is 18.9 Å². The van der Waals surface area contributed by atoms with Crippen molar-refractivity contribution in [1.29, 1.82) is 0 Å². The first-order valence-corrected chi connectivity index (χ1v) is 20.7. The highest BCUT2D eigenvalue weighted by Gasteiger charge is 2.68. The molecule has 14 nitrogen and oxygen atoms in total. The molecule has 6 rings (SSSR count). The van der Waals surface area contributed by atoms with Crippen LogP contribution in [0.25, 0.3) is 0 Å². The van der Waals surface area contributed by atoms with Crippen LogP contribution < -0.4 is 21.2 Å². The number of para-hydroxylation sites is 2. The fourth-order valence-electron chi connectivity index (χ4n) is 7.66. The van der Waals surface area contributed by atoms with Crippen LogP contribution in [0.2, 0.25) is 0 Å². The van der Waals surface area contributed by atoms with Gasteiger partial charge in [-0.1, -0.05) is 85.8 Å². The van der Waals surface area contributed by atoms with Crippen LogP contribution in [-0.4, -0.2) is 55.8 Å². The molecule has 1 fully saturated rings. The Kier molecular flexibility index (Phi) is 13.1. The van der Waals surface area contributed by atoms with E-state index in [9.17, 15) is 34.6 Å². The first-order valence-electron chi connectivity index (χ1n) is 18.5. The van der Waals surface area contributed by atoms with Gasteiger partial charge in [0.05, 0.1) is 38.9 Å². The lowest BCUT2D eigenvalue weighted by Crippen LogP contribution is -2.74. The summed E-state index contributed by atoms with van der Waals surface area (Å²) in [6, 6.07) is 37.1. The number of carbonyl (C=O) groups is 4. The lowest BCUT2D eigenvalue weighted by atomic mass is 9.76. The van der Waals surface area contributed by atoms with E-state index in [0.717, 1.165) is 0 Å². The number of nitro groups is 2. The van der Waals surface area contributed by atoms with E-state index < -0.39 is 83.2 Å². The molecule has 0 spiro atoms. The Morgan fingerprint density at radius 3 is 1.53 bits per heavy atom. The minimum absolute atomic E-state index is 0.124. The number of likely N-dealkylation sites (tertiary alicyclic amines) is 1. The molecule has 1 N–H and O–H groups in total. The molecule has 0 radical (unpaired) electrons. The second-order valence-corrected chi connectivity index (χ2v) is 17.7. The van der Waals surface area contributed by atoms with Gasteiger partial charge in [0.1, 0.15) is 36.4 Å².